The quantitative estimate of drug-likeness (QED) is 0.643. The highest BCUT2D eigenvalue weighted by Gasteiger charge is 2.10. The number of hydrogen-bond donors (Lipinski definition) is 1. The van der Waals surface area contributed by atoms with Crippen LogP contribution < -0.4 is 0 Å². The fourth-order valence-electron chi connectivity index (χ4n) is 2.02. The molecule has 0 aliphatic heterocycles. The van der Waals surface area contributed by atoms with Crippen molar-refractivity contribution in [3.05, 3.63) is 55.8 Å². The van der Waals surface area contributed by atoms with Gasteiger partial charge in [-0.15, -0.1) is 11.3 Å². The van der Waals surface area contributed by atoms with Crippen molar-refractivity contribution < 1.29 is 5.11 Å². The van der Waals surface area contributed by atoms with E-state index in [-0.39, 0.29) is 10.8 Å². The van der Waals surface area contributed by atoms with E-state index in [0.29, 0.717) is 15.9 Å². The van der Waals surface area contributed by atoms with Gasteiger partial charge in [-0.1, -0.05) is 23.2 Å². The van der Waals surface area contributed by atoms with E-state index in [1.54, 1.807) is 11.3 Å². The number of phenols is 1. The molecule has 2 nitrogen and oxygen atoms in total. The number of aromatic nitrogens is 1. The number of nitrogens with zero attached hydrogens (tertiary/aromatic N) is 1. The van der Waals surface area contributed by atoms with Crippen molar-refractivity contribution in [3.8, 4) is 5.75 Å². The molecule has 3 rings (SSSR count). The Hall–Kier alpha value is -1.55. The molecule has 5 heteroatoms. The second-order valence-corrected chi connectivity index (χ2v) is 6.74. The van der Waals surface area contributed by atoms with Crippen molar-refractivity contribution in [2.45, 2.75) is 6.92 Å². The lowest BCUT2D eigenvalue weighted by Crippen LogP contribution is -1.86. The molecule has 3 aromatic rings. The minimum Gasteiger partial charge on any atom is -0.504 e. The summed E-state index contributed by atoms with van der Waals surface area (Å²) in [6.07, 6.45) is 3.90. The molecule has 0 saturated carbocycles. The summed E-state index contributed by atoms with van der Waals surface area (Å²) in [4.78, 5) is 6.83. The van der Waals surface area contributed by atoms with E-state index < -0.39 is 0 Å². The molecular formula is C16H11Cl2NOS. The van der Waals surface area contributed by atoms with Crippen LogP contribution in [0.3, 0.4) is 0 Å². The van der Waals surface area contributed by atoms with Crippen LogP contribution in [-0.4, -0.2) is 10.1 Å². The summed E-state index contributed by atoms with van der Waals surface area (Å²) in [5.74, 6) is -0.0433. The third-order valence-corrected chi connectivity index (χ3v) is 4.62. The lowest BCUT2D eigenvalue weighted by molar-refractivity contribution is 0.480. The maximum Gasteiger partial charge on any atom is 0.160 e. The summed E-state index contributed by atoms with van der Waals surface area (Å²) in [7, 11) is 0. The molecule has 0 bridgehead atoms. The summed E-state index contributed by atoms with van der Waals surface area (Å²) >= 11 is 13.8. The summed E-state index contributed by atoms with van der Waals surface area (Å²) in [5.41, 5.74) is 1.15. The van der Waals surface area contributed by atoms with Gasteiger partial charge in [0.25, 0.3) is 0 Å². The molecule has 0 unspecified atom stereocenters. The average molecular weight is 336 g/mol. The zero-order valence-corrected chi connectivity index (χ0v) is 13.4. The molecule has 1 N–H and O–H groups in total. The van der Waals surface area contributed by atoms with E-state index in [2.05, 4.69) is 24.0 Å². The predicted octanol–water partition coefficient (Wildman–Crippen LogP) is 5.79. The van der Waals surface area contributed by atoms with Gasteiger partial charge in [-0.05, 0) is 49.4 Å². The second-order valence-electron chi connectivity index (χ2n) is 4.60. The fourth-order valence-corrected chi connectivity index (χ4v) is 3.32. The van der Waals surface area contributed by atoms with Crippen LogP contribution in [0.4, 0.5) is 0 Å². The van der Waals surface area contributed by atoms with E-state index in [9.17, 15) is 5.11 Å². The number of rotatable bonds is 2. The number of pyridine rings is 1. The highest BCUT2D eigenvalue weighted by Crippen LogP contribution is 2.36. The lowest BCUT2D eigenvalue weighted by Gasteiger charge is -2.05. The lowest BCUT2D eigenvalue weighted by atomic mass is 10.2. The Labute approximate surface area is 136 Å². The molecule has 0 atom stereocenters. The van der Waals surface area contributed by atoms with Crippen molar-refractivity contribution in [1.82, 2.24) is 4.98 Å². The molecule has 0 aliphatic rings. The first-order valence-corrected chi connectivity index (χ1v) is 7.84. The normalized spacial score (nSPS) is 11.6. The fraction of sp³-hybridized carbons (Fsp3) is 0.0625. The van der Waals surface area contributed by atoms with Crippen LogP contribution in [0.1, 0.15) is 15.4 Å². The monoisotopic (exact) mass is 335 g/mol. The van der Waals surface area contributed by atoms with Crippen molar-refractivity contribution in [1.29, 1.82) is 0 Å². The number of halogens is 2. The number of hydrogen-bond acceptors (Lipinski definition) is 3. The summed E-state index contributed by atoms with van der Waals surface area (Å²) in [6, 6.07) is 9.34. The Bertz CT molecular complexity index is 855. The highest BCUT2D eigenvalue weighted by atomic mass is 35.5. The first-order valence-electron chi connectivity index (χ1n) is 6.27. The third-order valence-electron chi connectivity index (χ3n) is 3.06. The van der Waals surface area contributed by atoms with E-state index in [4.69, 9.17) is 23.2 Å². The van der Waals surface area contributed by atoms with Crippen LogP contribution in [0.25, 0.3) is 23.1 Å². The molecule has 0 amide bonds. The molecule has 0 saturated heterocycles. The van der Waals surface area contributed by atoms with E-state index in [0.717, 1.165) is 10.6 Å². The maximum absolute atomic E-state index is 10.0. The predicted molar refractivity (Wildman–Crippen MR) is 91.4 cm³/mol. The first-order chi connectivity index (χ1) is 10.0. The Morgan fingerprint density at radius 1 is 1.10 bits per heavy atom. The highest BCUT2D eigenvalue weighted by molar-refractivity contribution is 7.12. The maximum atomic E-state index is 10.0. The molecule has 2 heterocycles. The van der Waals surface area contributed by atoms with E-state index >= 15 is 0 Å². The standard InChI is InChI=1S/C16H11Cl2NOS/c1-9-2-5-11(21-9)6-3-10-4-7-12-13(17)8-14(18)16(20)15(12)19-10/h2-8,20H,1H3/b6-3+. The number of benzene rings is 1. The Kier molecular flexibility index (Phi) is 3.89. The number of aromatic hydroxyl groups is 1. The average Bonchev–Trinajstić information content (AvgIpc) is 2.88. The van der Waals surface area contributed by atoms with Crippen molar-refractivity contribution >= 4 is 57.6 Å². The van der Waals surface area contributed by atoms with Gasteiger partial charge in [0.05, 0.1) is 15.7 Å². The molecule has 1 aromatic carbocycles. The minimum atomic E-state index is -0.0433. The molecule has 0 spiro atoms. The molecule has 0 fully saturated rings. The van der Waals surface area contributed by atoms with Gasteiger partial charge in [0.2, 0.25) is 0 Å². The van der Waals surface area contributed by atoms with Gasteiger partial charge in [-0.25, -0.2) is 4.98 Å². The van der Waals surface area contributed by atoms with Gasteiger partial charge in [0.1, 0.15) is 5.52 Å². The van der Waals surface area contributed by atoms with Crippen molar-refractivity contribution in [2.75, 3.05) is 0 Å². The van der Waals surface area contributed by atoms with Gasteiger partial charge in [-0.2, -0.15) is 0 Å². The molecule has 106 valence electrons. The van der Waals surface area contributed by atoms with Gasteiger partial charge >= 0.3 is 0 Å². The van der Waals surface area contributed by atoms with E-state index in [1.807, 2.05) is 24.3 Å². The molecule has 0 radical (unpaired) electrons. The van der Waals surface area contributed by atoms with Crippen molar-refractivity contribution in [3.63, 3.8) is 0 Å². The summed E-state index contributed by atoms with van der Waals surface area (Å²) < 4.78 is 0. The first kappa shape index (κ1) is 14.4. The van der Waals surface area contributed by atoms with Crippen molar-refractivity contribution in [2.24, 2.45) is 0 Å². The molecular weight excluding hydrogens is 325 g/mol. The molecule has 0 aliphatic carbocycles. The van der Waals surface area contributed by atoms with Crippen LogP contribution in [0.5, 0.6) is 5.75 Å². The number of aryl methyl sites for hydroxylation is 1. The smallest absolute Gasteiger partial charge is 0.160 e. The molecule has 2 aromatic heterocycles. The molecule has 21 heavy (non-hydrogen) atoms. The zero-order chi connectivity index (χ0) is 15.0. The van der Waals surface area contributed by atoms with Gasteiger partial charge < -0.3 is 5.11 Å². The summed E-state index contributed by atoms with van der Waals surface area (Å²) in [6.45, 7) is 2.07. The topological polar surface area (TPSA) is 33.1 Å². The van der Waals surface area contributed by atoms with Crippen LogP contribution in [0.2, 0.25) is 10.0 Å². The SMILES string of the molecule is Cc1ccc(/C=C/c2ccc3c(Cl)cc(Cl)c(O)c3n2)s1. The van der Waals surface area contributed by atoms with E-state index in [1.165, 1.54) is 10.9 Å². The van der Waals surface area contributed by atoms with Crippen LogP contribution in [0, 0.1) is 6.92 Å². The summed E-state index contributed by atoms with van der Waals surface area (Å²) in [5, 5.41) is 11.4. The number of thiophene rings is 1. The number of fused-ring (bicyclic) bond motifs is 1. The van der Waals surface area contributed by atoms with Gasteiger partial charge in [0.15, 0.2) is 5.75 Å². The minimum absolute atomic E-state index is 0.0433. The third kappa shape index (κ3) is 2.91. The van der Waals surface area contributed by atoms with Gasteiger partial charge in [-0.3, -0.25) is 0 Å². The Morgan fingerprint density at radius 2 is 1.90 bits per heavy atom. The number of phenolic OH excluding ortho intramolecular Hbond substituents is 1. The Balaban J connectivity index is 2.05. The van der Waals surface area contributed by atoms with Gasteiger partial charge in [0, 0.05) is 15.1 Å². The van der Waals surface area contributed by atoms with Crippen LogP contribution in [0.15, 0.2) is 30.3 Å². The largest absolute Gasteiger partial charge is 0.504 e. The van der Waals surface area contributed by atoms with Crippen LogP contribution >= 0.6 is 34.5 Å². The Morgan fingerprint density at radius 3 is 2.62 bits per heavy atom. The second kappa shape index (κ2) is 5.68. The van der Waals surface area contributed by atoms with Crippen LogP contribution in [-0.2, 0) is 0 Å². The zero-order valence-electron chi connectivity index (χ0n) is 11.1.